The van der Waals surface area contributed by atoms with E-state index in [9.17, 15) is 9.90 Å². The van der Waals surface area contributed by atoms with E-state index in [4.69, 9.17) is 5.26 Å². The summed E-state index contributed by atoms with van der Waals surface area (Å²) in [5.74, 6) is -0.503. The molecule has 0 saturated carbocycles. The Hall–Kier alpha value is -2.16. The monoisotopic (exact) mass is 260 g/mol. The van der Waals surface area contributed by atoms with Crippen molar-refractivity contribution in [2.75, 3.05) is 11.4 Å². The van der Waals surface area contributed by atoms with Crippen molar-refractivity contribution >= 4 is 11.9 Å². The number of anilines is 1. The average Bonchev–Trinajstić information content (AvgIpc) is 2.63. The van der Waals surface area contributed by atoms with Crippen LogP contribution in [-0.4, -0.2) is 33.6 Å². The summed E-state index contributed by atoms with van der Waals surface area (Å²) in [5, 5.41) is 18.3. The van der Waals surface area contributed by atoms with E-state index >= 15 is 0 Å². The van der Waals surface area contributed by atoms with Crippen molar-refractivity contribution < 1.29 is 9.90 Å². The number of aromatic nitrogens is 2. The lowest BCUT2D eigenvalue weighted by Gasteiger charge is -2.27. The normalized spacial score (nSPS) is 19.6. The molecule has 1 fully saturated rings. The number of hydrogen-bond donors (Lipinski definition) is 1. The van der Waals surface area contributed by atoms with Gasteiger partial charge in [0.05, 0.1) is 0 Å². The molecule has 0 aliphatic carbocycles. The minimum atomic E-state index is -0.856. The van der Waals surface area contributed by atoms with E-state index in [-0.39, 0.29) is 5.69 Å². The quantitative estimate of drug-likeness (QED) is 0.866. The Bertz CT molecular complexity index is 524. The number of hydrogen-bond acceptors (Lipinski definition) is 5. The van der Waals surface area contributed by atoms with Gasteiger partial charge < -0.3 is 10.0 Å². The maximum absolute atomic E-state index is 11.4. The molecule has 1 saturated heterocycles. The molecule has 1 aliphatic heterocycles. The maximum Gasteiger partial charge on any atom is 0.326 e. The highest BCUT2D eigenvalue weighted by atomic mass is 16.4. The van der Waals surface area contributed by atoms with Crippen molar-refractivity contribution in [2.24, 2.45) is 0 Å². The molecule has 0 spiro atoms. The van der Waals surface area contributed by atoms with E-state index in [0.29, 0.717) is 24.6 Å². The van der Waals surface area contributed by atoms with E-state index in [1.165, 1.54) is 0 Å². The Balaban J connectivity index is 2.38. The van der Waals surface area contributed by atoms with Gasteiger partial charge in [-0.05, 0) is 25.8 Å². The summed E-state index contributed by atoms with van der Waals surface area (Å²) in [6.07, 6.45) is 3.42. The number of carbonyl (C=O) groups is 1. The Morgan fingerprint density at radius 3 is 2.95 bits per heavy atom. The predicted octanol–water partition coefficient (Wildman–Crippen LogP) is 1.49. The van der Waals surface area contributed by atoms with E-state index in [1.807, 2.05) is 6.07 Å². The lowest BCUT2D eigenvalue weighted by molar-refractivity contribution is -0.138. The van der Waals surface area contributed by atoms with Crippen molar-refractivity contribution in [3.63, 3.8) is 0 Å². The second kappa shape index (κ2) is 5.65. The lowest BCUT2D eigenvalue weighted by atomic mass is 10.1. The van der Waals surface area contributed by atoms with Crippen LogP contribution in [-0.2, 0) is 4.79 Å². The van der Waals surface area contributed by atoms with Gasteiger partial charge in [0.2, 0.25) is 5.95 Å². The van der Waals surface area contributed by atoms with Crippen LogP contribution < -0.4 is 4.90 Å². The van der Waals surface area contributed by atoms with Gasteiger partial charge in [0.1, 0.15) is 17.8 Å². The molecule has 6 nitrogen and oxygen atoms in total. The molecular weight excluding hydrogens is 244 g/mol. The first-order valence-electron chi connectivity index (χ1n) is 6.37. The Morgan fingerprint density at radius 1 is 1.47 bits per heavy atom. The fourth-order valence-electron chi connectivity index (χ4n) is 2.34. The first kappa shape index (κ1) is 13.3. The number of rotatable bonds is 2. The van der Waals surface area contributed by atoms with Gasteiger partial charge in [-0.3, -0.25) is 0 Å². The van der Waals surface area contributed by atoms with E-state index < -0.39 is 12.0 Å². The first-order chi connectivity index (χ1) is 9.11. The van der Waals surface area contributed by atoms with Crippen LogP contribution in [0.5, 0.6) is 0 Å². The SMILES string of the molecule is Cc1cc(C#N)nc(N2CCCCCC2C(=O)O)n1. The molecule has 100 valence electrons. The Kier molecular flexibility index (Phi) is 3.95. The third-order valence-electron chi connectivity index (χ3n) is 3.25. The van der Waals surface area contributed by atoms with Gasteiger partial charge in [-0.1, -0.05) is 12.8 Å². The highest BCUT2D eigenvalue weighted by Crippen LogP contribution is 2.22. The van der Waals surface area contributed by atoms with E-state index in [0.717, 1.165) is 19.3 Å². The van der Waals surface area contributed by atoms with Crippen LogP contribution in [0.3, 0.4) is 0 Å². The molecule has 1 aromatic rings. The number of aryl methyl sites for hydroxylation is 1. The van der Waals surface area contributed by atoms with E-state index in [1.54, 1.807) is 17.9 Å². The van der Waals surface area contributed by atoms with Crippen molar-refractivity contribution in [1.29, 1.82) is 5.26 Å². The zero-order valence-corrected chi connectivity index (χ0v) is 10.8. The minimum absolute atomic E-state index is 0.274. The summed E-state index contributed by atoms with van der Waals surface area (Å²) in [4.78, 5) is 21.5. The van der Waals surface area contributed by atoms with Crippen molar-refractivity contribution in [2.45, 2.75) is 38.6 Å². The summed E-state index contributed by atoms with van der Waals surface area (Å²) in [5.41, 5.74) is 0.950. The standard InChI is InChI=1S/C13H16N4O2/c1-9-7-10(8-14)16-13(15-9)17-6-4-2-3-5-11(17)12(18)19/h7,11H,2-6H2,1H3,(H,18,19). The van der Waals surface area contributed by atoms with Crippen LogP contribution in [0.15, 0.2) is 6.07 Å². The molecule has 6 heteroatoms. The van der Waals surface area contributed by atoms with Crippen molar-refractivity contribution in [1.82, 2.24) is 9.97 Å². The molecule has 1 N–H and O–H groups in total. The van der Waals surface area contributed by atoms with Gasteiger partial charge in [0.15, 0.2) is 0 Å². The summed E-state index contributed by atoms with van der Waals surface area (Å²) in [6, 6.07) is 2.98. The van der Waals surface area contributed by atoms with Gasteiger partial charge in [0, 0.05) is 12.2 Å². The maximum atomic E-state index is 11.4. The molecule has 1 aromatic heterocycles. The molecule has 1 atom stereocenters. The minimum Gasteiger partial charge on any atom is -0.480 e. The summed E-state index contributed by atoms with van der Waals surface area (Å²) in [6.45, 7) is 2.39. The van der Waals surface area contributed by atoms with Gasteiger partial charge in [-0.2, -0.15) is 5.26 Å². The second-order valence-electron chi connectivity index (χ2n) is 4.70. The van der Waals surface area contributed by atoms with Gasteiger partial charge in [0.25, 0.3) is 0 Å². The third kappa shape index (κ3) is 2.99. The Labute approximate surface area is 111 Å². The molecule has 19 heavy (non-hydrogen) atoms. The number of nitrogens with zero attached hydrogens (tertiary/aromatic N) is 4. The number of carboxylic acid groups (broad SMARTS) is 1. The summed E-state index contributed by atoms with van der Waals surface area (Å²) < 4.78 is 0. The number of carboxylic acids is 1. The molecule has 0 bridgehead atoms. The molecule has 0 aromatic carbocycles. The fourth-order valence-corrected chi connectivity index (χ4v) is 2.34. The molecule has 1 unspecified atom stereocenters. The van der Waals surface area contributed by atoms with Crippen LogP contribution in [0.2, 0.25) is 0 Å². The number of aliphatic carboxylic acids is 1. The van der Waals surface area contributed by atoms with Gasteiger partial charge in [-0.15, -0.1) is 0 Å². The molecule has 1 aliphatic rings. The van der Waals surface area contributed by atoms with Crippen LogP contribution in [0.25, 0.3) is 0 Å². The second-order valence-corrected chi connectivity index (χ2v) is 4.70. The van der Waals surface area contributed by atoms with Gasteiger partial charge in [-0.25, -0.2) is 14.8 Å². The van der Waals surface area contributed by atoms with E-state index in [2.05, 4.69) is 9.97 Å². The largest absolute Gasteiger partial charge is 0.480 e. The molecule has 0 radical (unpaired) electrons. The van der Waals surface area contributed by atoms with Crippen LogP contribution in [0.1, 0.15) is 37.1 Å². The topological polar surface area (TPSA) is 90.1 Å². The zero-order valence-electron chi connectivity index (χ0n) is 10.8. The molecule has 2 heterocycles. The predicted molar refractivity (Wildman–Crippen MR) is 68.7 cm³/mol. The average molecular weight is 260 g/mol. The van der Waals surface area contributed by atoms with Crippen molar-refractivity contribution in [3.8, 4) is 6.07 Å². The zero-order chi connectivity index (χ0) is 13.8. The van der Waals surface area contributed by atoms with Crippen molar-refractivity contribution in [3.05, 3.63) is 17.5 Å². The Morgan fingerprint density at radius 2 is 2.26 bits per heavy atom. The lowest BCUT2D eigenvalue weighted by Crippen LogP contribution is -2.42. The fraction of sp³-hybridized carbons (Fsp3) is 0.538. The molecular formula is C13H16N4O2. The van der Waals surface area contributed by atoms with Crippen LogP contribution in [0.4, 0.5) is 5.95 Å². The highest BCUT2D eigenvalue weighted by Gasteiger charge is 2.29. The molecule has 2 rings (SSSR count). The summed E-state index contributed by atoms with van der Waals surface area (Å²) in [7, 11) is 0. The first-order valence-corrected chi connectivity index (χ1v) is 6.37. The van der Waals surface area contributed by atoms with Crippen LogP contribution >= 0.6 is 0 Å². The van der Waals surface area contributed by atoms with Crippen LogP contribution in [0, 0.1) is 18.3 Å². The third-order valence-corrected chi connectivity index (χ3v) is 3.25. The smallest absolute Gasteiger partial charge is 0.326 e. The summed E-state index contributed by atoms with van der Waals surface area (Å²) >= 11 is 0. The van der Waals surface area contributed by atoms with Gasteiger partial charge >= 0.3 is 5.97 Å². The molecule has 0 amide bonds. The number of nitriles is 1. The highest BCUT2D eigenvalue weighted by molar-refractivity contribution is 5.77.